The Morgan fingerprint density at radius 2 is 1.00 bits per heavy atom. The lowest BCUT2D eigenvalue weighted by molar-refractivity contribution is -0.0504. The van der Waals surface area contributed by atoms with E-state index < -0.39 is 48.4 Å². The van der Waals surface area contributed by atoms with Crippen LogP contribution in [0.5, 0.6) is 17.2 Å². The number of halogens is 8. The van der Waals surface area contributed by atoms with Crippen LogP contribution in [-0.4, -0.2) is 27.9 Å². The average Bonchev–Trinajstić information content (AvgIpc) is 2.91. The molecule has 4 aromatic rings. The number of hydrogen-bond donors (Lipinski definition) is 0. The topological polar surface area (TPSA) is 96.0 Å². The van der Waals surface area contributed by atoms with Gasteiger partial charge >= 0.3 is 31.3 Å². The fraction of sp³-hybridized carbons (Fsp3) is 0.111. The van der Waals surface area contributed by atoms with Crippen LogP contribution in [0.1, 0.15) is 16.7 Å². The zero-order valence-electron chi connectivity index (χ0n) is 21.3. The highest BCUT2D eigenvalue weighted by atomic mass is 79.9. The summed E-state index contributed by atoms with van der Waals surface area (Å²) >= 11 is 6.80. The summed E-state index contributed by atoms with van der Waals surface area (Å²) in [4.78, 5) is 0. The normalized spacial score (nSPS) is 14.6. The molecule has 0 N–H and O–H groups in total. The second-order valence-corrected chi connectivity index (χ2v) is 14.0. The first-order chi connectivity index (χ1) is 20.3. The third-order valence-corrected chi connectivity index (χ3v) is 9.30. The van der Waals surface area contributed by atoms with Crippen LogP contribution >= 0.6 is 31.9 Å². The summed E-state index contributed by atoms with van der Waals surface area (Å²) in [6.45, 7) is 0. The van der Waals surface area contributed by atoms with Crippen molar-refractivity contribution >= 4 is 52.1 Å². The second kappa shape index (κ2) is 11.0. The fourth-order valence-electron chi connectivity index (χ4n) is 4.50. The molecule has 1 aliphatic heterocycles. The molecule has 0 radical (unpaired) electrons. The van der Waals surface area contributed by atoms with Crippen LogP contribution in [0.25, 0.3) is 11.1 Å². The van der Waals surface area contributed by atoms with Gasteiger partial charge in [0.1, 0.15) is 17.2 Å². The number of benzene rings is 4. The van der Waals surface area contributed by atoms with E-state index in [9.17, 15) is 43.2 Å². The Labute approximate surface area is 262 Å². The molecule has 17 heteroatoms. The van der Waals surface area contributed by atoms with E-state index in [4.69, 9.17) is 4.74 Å². The van der Waals surface area contributed by atoms with E-state index in [2.05, 4.69) is 40.2 Å². The summed E-state index contributed by atoms with van der Waals surface area (Å²) in [6, 6.07) is 19.3. The SMILES string of the molecule is O=S(=O)(Oc1ccc(C2(c3ccc(OS(=O)(=O)C(F)(F)F)cc3)Oc3cc(Br)ccc3-c3ccc(Br)cc32)cc1)C(F)(F)F. The maximum atomic E-state index is 12.9. The molecule has 7 nitrogen and oxygen atoms in total. The van der Waals surface area contributed by atoms with Crippen molar-refractivity contribution in [3.63, 3.8) is 0 Å². The lowest BCUT2D eigenvalue weighted by Crippen LogP contribution is -2.38. The van der Waals surface area contributed by atoms with Crippen LogP contribution in [0.3, 0.4) is 0 Å². The predicted octanol–water partition coefficient (Wildman–Crippen LogP) is 8.02. The highest BCUT2D eigenvalue weighted by Crippen LogP contribution is 2.53. The Morgan fingerprint density at radius 3 is 1.43 bits per heavy atom. The van der Waals surface area contributed by atoms with Crippen LogP contribution in [0.2, 0.25) is 0 Å². The molecule has 0 saturated carbocycles. The number of hydrogen-bond acceptors (Lipinski definition) is 7. The summed E-state index contributed by atoms with van der Waals surface area (Å²) in [5.41, 5.74) is -10.8. The number of rotatable bonds is 6. The Bertz CT molecular complexity index is 1870. The van der Waals surface area contributed by atoms with Gasteiger partial charge < -0.3 is 13.1 Å². The molecule has 0 unspecified atom stereocenters. The molecule has 0 amide bonds. The fourth-order valence-corrected chi connectivity index (χ4v) is 6.12. The summed E-state index contributed by atoms with van der Waals surface area (Å²) in [5.74, 6) is -0.986. The maximum Gasteiger partial charge on any atom is 0.534 e. The van der Waals surface area contributed by atoms with Crippen molar-refractivity contribution < 1.29 is 56.3 Å². The number of fused-ring (bicyclic) bond motifs is 3. The molecule has 0 atom stereocenters. The van der Waals surface area contributed by atoms with Crippen molar-refractivity contribution in [2.75, 3.05) is 0 Å². The summed E-state index contributed by atoms with van der Waals surface area (Å²) in [7, 11) is -11.9. The molecule has 1 heterocycles. The minimum atomic E-state index is -5.97. The number of ether oxygens (including phenoxy) is 1. The van der Waals surface area contributed by atoms with Gasteiger partial charge in [-0.25, -0.2) is 0 Å². The van der Waals surface area contributed by atoms with E-state index in [-0.39, 0.29) is 11.1 Å². The average molecular weight is 788 g/mol. The van der Waals surface area contributed by atoms with Crippen molar-refractivity contribution in [1.29, 1.82) is 0 Å². The molecule has 232 valence electrons. The van der Waals surface area contributed by atoms with Crippen LogP contribution < -0.4 is 13.1 Å². The molecular weight excluding hydrogens is 774 g/mol. The van der Waals surface area contributed by atoms with Gasteiger partial charge in [0, 0.05) is 31.2 Å². The van der Waals surface area contributed by atoms with E-state index in [0.717, 1.165) is 24.3 Å². The molecule has 44 heavy (non-hydrogen) atoms. The molecule has 4 aromatic carbocycles. The van der Waals surface area contributed by atoms with Crippen molar-refractivity contribution in [2.45, 2.75) is 16.6 Å². The van der Waals surface area contributed by atoms with Gasteiger partial charge in [0.2, 0.25) is 0 Å². The Kier molecular flexibility index (Phi) is 8.00. The lowest BCUT2D eigenvalue weighted by Gasteiger charge is -2.41. The van der Waals surface area contributed by atoms with Crippen molar-refractivity contribution in [1.82, 2.24) is 0 Å². The molecule has 0 aromatic heterocycles. The van der Waals surface area contributed by atoms with Crippen molar-refractivity contribution in [2.24, 2.45) is 0 Å². The number of alkyl halides is 6. The molecule has 0 bridgehead atoms. The summed E-state index contributed by atoms with van der Waals surface area (Å²) in [6.07, 6.45) is 0. The van der Waals surface area contributed by atoms with Crippen LogP contribution in [0.15, 0.2) is 93.9 Å². The highest BCUT2D eigenvalue weighted by Gasteiger charge is 2.50. The monoisotopic (exact) mass is 786 g/mol. The minimum Gasteiger partial charge on any atom is -0.472 e. The zero-order chi connectivity index (χ0) is 32.3. The third-order valence-electron chi connectivity index (χ3n) is 6.36. The molecule has 5 rings (SSSR count). The molecule has 0 aliphatic carbocycles. The maximum absolute atomic E-state index is 12.9. The molecule has 0 spiro atoms. The van der Waals surface area contributed by atoms with E-state index in [1.807, 2.05) is 0 Å². The van der Waals surface area contributed by atoms with Gasteiger partial charge in [0.15, 0.2) is 5.60 Å². The lowest BCUT2D eigenvalue weighted by atomic mass is 9.75. The molecule has 0 fully saturated rings. The smallest absolute Gasteiger partial charge is 0.472 e. The van der Waals surface area contributed by atoms with E-state index in [1.54, 1.807) is 36.4 Å². The molecule has 0 saturated heterocycles. The largest absolute Gasteiger partial charge is 0.534 e. The van der Waals surface area contributed by atoms with Crippen molar-refractivity contribution in [3.8, 4) is 28.4 Å². The van der Waals surface area contributed by atoms with E-state index >= 15 is 0 Å². The minimum absolute atomic E-state index is 0.232. The highest BCUT2D eigenvalue weighted by molar-refractivity contribution is 9.10. The summed E-state index contributed by atoms with van der Waals surface area (Å²) < 4.78 is 140. The van der Waals surface area contributed by atoms with Gasteiger partial charge in [0.25, 0.3) is 0 Å². The van der Waals surface area contributed by atoms with Gasteiger partial charge in [0.05, 0.1) is 0 Å². The molecular formula is C27H14Br2F6O7S2. The van der Waals surface area contributed by atoms with Crippen LogP contribution in [0.4, 0.5) is 26.3 Å². The van der Waals surface area contributed by atoms with Gasteiger partial charge in [-0.3, -0.25) is 0 Å². The van der Waals surface area contributed by atoms with Crippen LogP contribution in [-0.2, 0) is 25.8 Å². The zero-order valence-corrected chi connectivity index (χ0v) is 26.1. The molecule has 1 aliphatic rings. The summed E-state index contributed by atoms with van der Waals surface area (Å²) in [5, 5.41) is 0. The Balaban J connectivity index is 1.71. The van der Waals surface area contributed by atoms with E-state index in [0.29, 0.717) is 31.4 Å². The van der Waals surface area contributed by atoms with Crippen molar-refractivity contribution in [3.05, 3.63) is 111 Å². The first-order valence-electron chi connectivity index (χ1n) is 11.9. The Hall–Kier alpha value is -3.28. The quantitative estimate of drug-likeness (QED) is 0.111. The first kappa shape index (κ1) is 32.1. The third kappa shape index (κ3) is 5.77. The predicted molar refractivity (Wildman–Crippen MR) is 152 cm³/mol. The van der Waals surface area contributed by atoms with Gasteiger partial charge in [-0.2, -0.15) is 43.2 Å². The van der Waals surface area contributed by atoms with Gasteiger partial charge in [-0.15, -0.1) is 0 Å². The first-order valence-corrected chi connectivity index (χ1v) is 16.3. The standard InChI is InChI=1S/C27H14Br2F6O7S2/c28-17-5-11-21-22-12-6-18(29)14-24(22)40-25(23(21)13-17,15-1-7-19(8-2-15)41-43(36,37)26(30,31)32)16-3-9-20(10-4-16)42-44(38,39)27(33,34)35/h1-14H. The Morgan fingerprint density at radius 1 is 0.591 bits per heavy atom. The van der Waals surface area contributed by atoms with Gasteiger partial charge in [-0.1, -0.05) is 62.2 Å². The van der Waals surface area contributed by atoms with Crippen LogP contribution in [0, 0.1) is 0 Å². The van der Waals surface area contributed by atoms with Gasteiger partial charge in [-0.05, 0) is 60.2 Å². The second-order valence-electron chi connectivity index (χ2n) is 9.13. The van der Waals surface area contributed by atoms with E-state index in [1.165, 1.54) is 24.3 Å².